The molecular formula is C10H19NO3. The zero-order chi connectivity index (χ0) is 10.2. The molecule has 82 valence electrons. The van der Waals surface area contributed by atoms with E-state index in [0.717, 1.165) is 32.2 Å². The lowest BCUT2D eigenvalue weighted by Gasteiger charge is -2.10. The van der Waals surface area contributed by atoms with E-state index in [9.17, 15) is 4.79 Å². The van der Waals surface area contributed by atoms with Crippen molar-refractivity contribution >= 4 is 5.97 Å². The Bertz CT molecular complexity index is 167. The maximum absolute atomic E-state index is 10.2. The highest BCUT2D eigenvalue weighted by atomic mass is 16.7. The zero-order valence-electron chi connectivity index (χ0n) is 8.50. The van der Waals surface area contributed by atoms with Crippen LogP contribution in [0.3, 0.4) is 0 Å². The molecule has 0 unspecified atom stereocenters. The zero-order valence-corrected chi connectivity index (χ0v) is 8.50. The van der Waals surface area contributed by atoms with E-state index in [1.54, 1.807) is 0 Å². The third-order valence-corrected chi connectivity index (χ3v) is 2.47. The lowest BCUT2D eigenvalue weighted by atomic mass is 10.2. The van der Waals surface area contributed by atoms with Crippen LogP contribution in [0.2, 0.25) is 0 Å². The van der Waals surface area contributed by atoms with E-state index in [1.165, 1.54) is 12.8 Å². The first-order chi connectivity index (χ1) is 6.79. The van der Waals surface area contributed by atoms with E-state index in [-0.39, 0.29) is 6.42 Å². The number of hydrogen-bond acceptors (Lipinski definition) is 3. The van der Waals surface area contributed by atoms with Gasteiger partial charge in [-0.1, -0.05) is 12.8 Å². The summed E-state index contributed by atoms with van der Waals surface area (Å²) in [5.41, 5.74) is 2.91. The molecule has 1 aliphatic carbocycles. The number of nitrogens with one attached hydrogen (secondary N) is 1. The van der Waals surface area contributed by atoms with Gasteiger partial charge in [0.2, 0.25) is 0 Å². The molecule has 1 fully saturated rings. The van der Waals surface area contributed by atoms with Gasteiger partial charge in [-0.2, -0.15) is 0 Å². The Morgan fingerprint density at radius 1 is 1.36 bits per heavy atom. The van der Waals surface area contributed by atoms with E-state index in [1.807, 2.05) is 0 Å². The number of rotatable bonds is 7. The van der Waals surface area contributed by atoms with Gasteiger partial charge in [-0.15, -0.1) is 0 Å². The van der Waals surface area contributed by atoms with Gasteiger partial charge in [-0.25, -0.2) is 5.48 Å². The van der Waals surface area contributed by atoms with Crippen molar-refractivity contribution in [1.82, 2.24) is 5.48 Å². The number of hydrogen-bond donors (Lipinski definition) is 2. The van der Waals surface area contributed by atoms with Crippen LogP contribution in [-0.4, -0.2) is 23.7 Å². The molecule has 0 aliphatic heterocycles. The summed E-state index contributed by atoms with van der Waals surface area (Å²) in [4.78, 5) is 15.6. The van der Waals surface area contributed by atoms with Gasteiger partial charge in [0, 0.05) is 13.0 Å². The second-order valence-electron chi connectivity index (χ2n) is 3.77. The van der Waals surface area contributed by atoms with Crippen molar-refractivity contribution in [2.24, 2.45) is 0 Å². The van der Waals surface area contributed by atoms with Crippen LogP contribution in [0.5, 0.6) is 0 Å². The largest absolute Gasteiger partial charge is 0.481 e. The summed E-state index contributed by atoms with van der Waals surface area (Å²) in [5.74, 6) is -0.721. The molecule has 0 atom stereocenters. The molecule has 4 heteroatoms. The summed E-state index contributed by atoms with van der Waals surface area (Å²) in [7, 11) is 0. The monoisotopic (exact) mass is 201 g/mol. The molecule has 2 N–H and O–H groups in total. The maximum Gasteiger partial charge on any atom is 0.303 e. The molecule has 0 heterocycles. The van der Waals surface area contributed by atoms with Gasteiger partial charge in [0.05, 0.1) is 6.10 Å². The normalized spacial score (nSPS) is 17.4. The van der Waals surface area contributed by atoms with Crippen LogP contribution in [0.15, 0.2) is 0 Å². The summed E-state index contributed by atoms with van der Waals surface area (Å²) in [6.07, 6.45) is 7.07. The van der Waals surface area contributed by atoms with Gasteiger partial charge >= 0.3 is 5.97 Å². The number of carbonyl (C=O) groups is 1. The second kappa shape index (κ2) is 6.79. The molecule has 1 saturated carbocycles. The summed E-state index contributed by atoms with van der Waals surface area (Å²) < 4.78 is 0. The lowest BCUT2D eigenvalue weighted by molar-refractivity contribution is -0.137. The van der Waals surface area contributed by atoms with Gasteiger partial charge in [-0.3, -0.25) is 9.63 Å². The smallest absolute Gasteiger partial charge is 0.303 e. The highest BCUT2D eigenvalue weighted by Gasteiger charge is 2.14. The molecule has 0 bridgehead atoms. The van der Waals surface area contributed by atoms with Crippen molar-refractivity contribution in [3.8, 4) is 0 Å². The molecule has 4 nitrogen and oxygen atoms in total. The van der Waals surface area contributed by atoms with E-state index in [0.29, 0.717) is 6.10 Å². The van der Waals surface area contributed by atoms with Crippen molar-refractivity contribution in [2.45, 2.75) is 51.0 Å². The van der Waals surface area contributed by atoms with Crippen molar-refractivity contribution in [1.29, 1.82) is 0 Å². The first-order valence-corrected chi connectivity index (χ1v) is 5.39. The van der Waals surface area contributed by atoms with Gasteiger partial charge in [-0.05, 0) is 25.7 Å². The standard InChI is InChI=1S/C10H19NO3/c12-10(13)7-3-4-8-11-14-9-5-1-2-6-9/h9,11H,1-8H2,(H,12,13). The molecule has 0 radical (unpaired) electrons. The van der Waals surface area contributed by atoms with Crippen molar-refractivity contribution < 1.29 is 14.7 Å². The fraction of sp³-hybridized carbons (Fsp3) is 0.900. The average molecular weight is 201 g/mol. The molecular weight excluding hydrogens is 182 g/mol. The molecule has 14 heavy (non-hydrogen) atoms. The highest BCUT2D eigenvalue weighted by molar-refractivity contribution is 5.66. The van der Waals surface area contributed by atoms with Crippen molar-refractivity contribution in [2.75, 3.05) is 6.54 Å². The molecule has 0 aromatic carbocycles. The van der Waals surface area contributed by atoms with Crippen molar-refractivity contribution in [3.63, 3.8) is 0 Å². The molecule has 0 saturated heterocycles. The molecule has 0 spiro atoms. The third-order valence-electron chi connectivity index (χ3n) is 2.47. The highest BCUT2D eigenvalue weighted by Crippen LogP contribution is 2.19. The van der Waals surface area contributed by atoms with Gasteiger partial charge in [0.15, 0.2) is 0 Å². The quantitative estimate of drug-likeness (QED) is 0.486. The van der Waals surface area contributed by atoms with E-state index < -0.39 is 5.97 Å². The van der Waals surface area contributed by atoms with E-state index in [4.69, 9.17) is 9.94 Å². The fourth-order valence-electron chi connectivity index (χ4n) is 1.66. The lowest BCUT2D eigenvalue weighted by Crippen LogP contribution is -2.22. The Hall–Kier alpha value is -0.610. The van der Waals surface area contributed by atoms with Crippen LogP contribution < -0.4 is 5.48 Å². The maximum atomic E-state index is 10.2. The molecule has 1 aliphatic rings. The minimum absolute atomic E-state index is 0.255. The Labute approximate surface area is 84.6 Å². The van der Waals surface area contributed by atoms with Crippen LogP contribution in [0.1, 0.15) is 44.9 Å². The molecule has 0 aromatic heterocycles. The number of hydroxylamine groups is 1. The van der Waals surface area contributed by atoms with Crippen LogP contribution in [-0.2, 0) is 9.63 Å². The second-order valence-corrected chi connectivity index (χ2v) is 3.77. The molecule has 0 amide bonds. The van der Waals surface area contributed by atoms with Crippen molar-refractivity contribution in [3.05, 3.63) is 0 Å². The predicted molar refractivity (Wildman–Crippen MR) is 52.8 cm³/mol. The number of aliphatic carboxylic acids is 1. The SMILES string of the molecule is O=C(O)CCCCNOC1CCCC1. The van der Waals surface area contributed by atoms with Gasteiger partial charge in [0.25, 0.3) is 0 Å². The summed E-state index contributed by atoms with van der Waals surface area (Å²) in [5, 5.41) is 8.39. The minimum Gasteiger partial charge on any atom is -0.481 e. The van der Waals surface area contributed by atoms with Crippen LogP contribution in [0.25, 0.3) is 0 Å². The van der Waals surface area contributed by atoms with E-state index in [2.05, 4.69) is 5.48 Å². The number of carboxylic acids is 1. The van der Waals surface area contributed by atoms with Crippen LogP contribution >= 0.6 is 0 Å². The Morgan fingerprint density at radius 2 is 2.07 bits per heavy atom. The third kappa shape index (κ3) is 5.19. The van der Waals surface area contributed by atoms with Crippen LogP contribution in [0, 0.1) is 0 Å². The van der Waals surface area contributed by atoms with E-state index >= 15 is 0 Å². The first kappa shape index (κ1) is 11.5. The Kier molecular flexibility index (Phi) is 5.56. The molecule has 0 aromatic rings. The summed E-state index contributed by atoms with van der Waals surface area (Å²) in [6, 6.07) is 0. The fourth-order valence-corrected chi connectivity index (χ4v) is 1.66. The summed E-state index contributed by atoms with van der Waals surface area (Å²) >= 11 is 0. The Morgan fingerprint density at radius 3 is 2.71 bits per heavy atom. The van der Waals surface area contributed by atoms with Gasteiger partial charge < -0.3 is 5.11 Å². The Balaban J connectivity index is 1.82. The summed E-state index contributed by atoms with van der Waals surface area (Å²) in [6.45, 7) is 0.754. The number of carboxylic acid groups (broad SMARTS) is 1. The predicted octanol–water partition coefficient (Wildman–Crippen LogP) is 1.71. The number of unbranched alkanes of at least 4 members (excludes halogenated alkanes) is 1. The molecule has 1 rings (SSSR count). The van der Waals surface area contributed by atoms with Crippen LogP contribution in [0.4, 0.5) is 0 Å². The minimum atomic E-state index is -0.721. The topological polar surface area (TPSA) is 58.6 Å². The first-order valence-electron chi connectivity index (χ1n) is 5.39. The van der Waals surface area contributed by atoms with Gasteiger partial charge in [0.1, 0.15) is 0 Å². The average Bonchev–Trinajstić information content (AvgIpc) is 2.63.